The van der Waals surface area contributed by atoms with Crippen LogP contribution < -0.4 is 15.1 Å². The molecule has 3 N–H and O–H groups in total. The second kappa shape index (κ2) is 10.2. The third-order valence-electron chi connectivity index (χ3n) is 6.02. The number of thiophene rings is 1. The molecule has 2 aliphatic rings. The topological polar surface area (TPSA) is 105 Å². The molecule has 2 aliphatic heterocycles. The monoisotopic (exact) mass is 462 g/mol. The summed E-state index contributed by atoms with van der Waals surface area (Å²) in [5.74, 6) is 1.22. The van der Waals surface area contributed by atoms with Gasteiger partial charge in [-0.1, -0.05) is 11.2 Å². The quantitative estimate of drug-likeness (QED) is 0.450. The van der Waals surface area contributed by atoms with Gasteiger partial charge in [0.1, 0.15) is 31.9 Å². The number of nitrogens with zero attached hydrogens (tertiary/aromatic N) is 3. The molecule has 32 heavy (non-hydrogen) atoms. The van der Waals surface area contributed by atoms with E-state index in [2.05, 4.69) is 10.5 Å². The van der Waals surface area contributed by atoms with Crippen LogP contribution >= 0.6 is 11.3 Å². The third-order valence-corrected chi connectivity index (χ3v) is 6.88. The molecule has 2 fully saturated rings. The molecule has 2 aromatic rings. The number of piperazine rings is 2. The maximum absolute atomic E-state index is 12.8. The van der Waals surface area contributed by atoms with E-state index in [1.165, 1.54) is 21.1 Å². The van der Waals surface area contributed by atoms with E-state index in [-0.39, 0.29) is 17.7 Å². The molecule has 4 heterocycles. The number of quaternary nitrogens is 2. The molecular formula is C21H30N6O4S+2. The van der Waals surface area contributed by atoms with Crippen LogP contribution in [0.1, 0.15) is 15.4 Å². The number of aromatic nitrogens is 1. The fourth-order valence-corrected chi connectivity index (χ4v) is 4.88. The highest BCUT2D eigenvalue weighted by Crippen LogP contribution is 2.13. The van der Waals surface area contributed by atoms with Gasteiger partial charge in [0.15, 0.2) is 18.9 Å². The minimum Gasteiger partial charge on any atom is -0.360 e. The smallest absolute Gasteiger partial charge is 0.280 e. The Morgan fingerprint density at radius 1 is 1.06 bits per heavy atom. The van der Waals surface area contributed by atoms with E-state index in [1.807, 2.05) is 27.3 Å². The molecule has 10 nitrogen and oxygen atoms in total. The molecule has 11 heteroatoms. The lowest BCUT2D eigenvalue weighted by Crippen LogP contribution is -3.28. The molecule has 172 valence electrons. The van der Waals surface area contributed by atoms with E-state index in [9.17, 15) is 14.4 Å². The van der Waals surface area contributed by atoms with Gasteiger partial charge >= 0.3 is 0 Å². The molecule has 2 aromatic heterocycles. The number of amides is 3. The molecule has 4 rings (SSSR count). The van der Waals surface area contributed by atoms with Crippen LogP contribution in [0, 0.1) is 6.92 Å². The molecular weight excluding hydrogens is 432 g/mol. The van der Waals surface area contributed by atoms with E-state index in [0.29, 0.717) is 50.8 Å². The predicted octanol–water partition coefficient (Wildman–Crippen LogP) is -2.25. The number of rotatable bonds is 6. The molecule has 0 spiro atoms. The van der Waals surface area contributed by atoms with Gasteiger partial charge in [-0.15, -0.1) is 11.3 Å². The molecule has 0 aromatic carbocycles. The maximum Gasteiger partial charge on any atom is 0.280 e. The van der Waals surface area contributed by atoms with Crippen LogP contribution in [0.3, 0.4) is 0 Å². The molecule has 0 atom stereocenters. The van der Waals surface area contributed by atoms with Crippen molar-refractivity contribution in [1.82, 2.24) is 15.0 Å². The van der Waals surface area contributed by atoms with Gasteiger partial charge in [-0.25, -0.2) is 0 Å². The van der Waals surface area contributed by atoms with E-state index in [0.717, 1.165) is 31.1 Å². The van der Waals surface area contributed by atoms with E-state index in [1.54, 1.807) is 13.0 Å². The molecule has 0 radical (unpaired) electrons. The standard InChI is InChI=1S/C21H28N6O4S/c1-16-13-18(23-31-16)22-19(28)14-24-4-6-25(7-5-24)15-20(29)26-8-10-27(11-9-26)21(30)17-3-2-12-32-17/h2-3,12-13H,4-11,14-15H2,1H3,(H,22,23,28)/p+2. The Kier molecular flexibility index (Phi) is 7.18. The SMILES string of the molecule is Cc1cc(NC(=O)C[NH+]2CC[NH+](CC(=O)N3CCN(C(=O)c4cccs4)CC3)CC2)no1. The molecule has 3 amide bonds. The number of nitrogens with one attached hydrogen (secondary N) is 3. The van der Waals surface area contributed by atoms with Crippen LogP contribution in [0.4, 0.5) is 5.82 Å². The zero-order valence-electron chi connectivity index (χ0n) is 18.3. The Balaban J connectivity index is 1.15. The van der Waals surface area contributed by atoms with Gasteiger partial charge < -0.3 is 29.4 Å². The minimum atomic E-state index is -0.0807. The first kappa shape index (κ1) is 22.4. The van der Waals surface area contributed by atoms with Crippen LogP contribution in [0.5, 0.6) is 0 Å². The summed E-state index contributed by atoms with van der Waals surface area (Å²) < 4.78 is 4.96. The van der Waals surface area contributed by atoms with Crippen molar-refractivity contribution in [2.24, 2.45) is 0 Å². The number of hydrogen-bond donors (Lipinski definition) is 3. The van der Waals surface area contributed by atoms with E-state index < -0.39 is 0 Å². The first-order valence-corrected chi connectivity index (χ1v) is 11.9. The van der Waals surface area contributed by atoms with E-state index >= 15 is 0 Å². The normalized spacial score (nSPS) is 21.4. The Bertz CT molecular complexity index is 930. The number of aryl methyl sites for hydroxylation is 1. The number of anilines is 1. The Hall–Kier alpha value is -2.76. The molecule has 2 saturated heterocycles. The molecule has 0 bridgehead atoms. The molecule has 0 aliphatic carbocycles. The average Bonchev–Trinajstić information content (AvgIpc) is 3.47. The van der Waals surface area contributed by atoms with Crippen LogP contribution in [0.25, 0.3) is 0 Å². The summed E-state index contributed by atoms with van der Waals surface area (Å²) >= 11 is 1.45. The van der Waals surface area contributed by atoms with Crippen LogP contribution in [-0.4, -0.2) is 98.1 Å². The van der Waals surface area contributed by atoms with Gasteiger partial charge in [0.25, 0.3) is 17.7 Å². The zero-order chi connectivity index (χ0) is 22.5. The lowest BCUT2D eigenvalue weighted by atomic mass is 10.2. The van der Waals surface area contributed by atoms with Crippen molar-refractivity contribution in [2.45, 2.75) is 6.92 Å². The predicted molar refractivity (Wildman–Crippen MR) is 118 cm³/mol. The highest BCUT2D eigenvalue weighted by Gasteiger charge is 2.30. The first-order valence-electron chi connectivity index (χ1n) is 11.0. The van der Waals surface area contributed by atoms with Gasteiger partial charge in [-0.05, 0) is 18.4 Å². The summed E-state index contributed by atoms with van der Waals surface area (Å²) in [7, 11) is 0. The summed E-state index contributed by atoms with van der Waals surface area (Å²) in [6.45, 7) is 8.36. The van der Waals surface area contributed by atoms with Crippen LogP contribution in [0.15, 0.2) is 28.1 Å². The summed E-state index contributed by atoms with van der Waals surface area (Å²) in [6.07, 6.45) is 0. The maximum atomic E-state index is 12.8. The number of hydrogen-bond acceptors (Lipinski definition) is 6. The van der Waals surface area contributed by atoms with Crippen LogP contribution in [0.2, 0.25) is 0 Å². The lowest BCUT2D eigenvalue weighted by molar-refractivity contribution is -1.00. The second-order valence-electron chi connectivity index (χ2n) is 8.37. The summed E-state index contributed by atoms with van der Waals surface area (Å²) in [5.41, 5.74) is 0. The largest absolute Gasteiger partial charge is 0.360 e. The summed E-state index contributed by atoms with van der Waals surface area (Å²) in [6, 6.07) is 5.42. The van der Waals surface area contributed by atoms with Crippen molar-refractivity contribution in [3.63, 3.8) is 0 Å². The zero-order valence-corrected chi connectivity index (χ0v) is 19.1. The molecule has 0 unspecified atom stereocenters. The summed E-state index contributed by atoms with van der Waals surface area (Å²) in [4.78, 5) is 44.3. The Morgan fingerprint density at radius 3 is 2.31 bits per heavy atom. The first-order chi connectivity index (χ1) is 15.5. The highest BCUT2D eigenvalue weighted by atomic mass is 32.1. The van der Waals surface area contributed by atoms with Crippen molar-refractivity contribution in [3.8, 4) is 0 Å². The third kappa shape index (κ3) is 5.72. The van der Waals surface area contributed by atoms with Crippen molar-refractivity contribution >= 4 is 34.9 Å². The highest BCUT2D eigenvalue weighted by molar-refractivity contribution is 7.12. The van der Waals surface area contributed by atoms with Gasteiger partial charge in [0.2, 0.25) is 0 Å². The Morgan fingerprint density at radius 2 is 1.72 bits per heavy atom. The van der Waals surface area contributed by atoms with Gasteiger partial charge in [0, 0.05) is 32.2 Å². The second-order valence-corrected chi connectivity index (χ2v) is 9.32. The lowest BCUT2D eigenvalue weighted by Gasteiger charge is -2.35. The fraction of sp³-hybridized carbons (Fsp3) is 0.524. The van der Waals surface area contributed by atoms with Crippen molar-refractivity contribution in [3.05, 3.63) is 34.2 Å². The van der Waals surface area contributed by atoms with Gasteiger partial charge in [-0.3, -0.25) is 14.4 Å². The van der Waals surface area contributed by atoms with Crippen molar-refractivity contribution < 1.29 is 28.7 Å². The number of carbonyl (C=O) groups is 3. The van der Waals surface area contributed by atoms with Crippen molar-refractivity contribution in [2.75, 3.05) is 70.8 Å². The Labute approximate surface area is 190 Å². The van der Waals surface area contributed by atoms with Gasteiger partial charge in [0.05, 0.1) is 4.88 Å². The number of carbonyl (C=O) groups excluding carboxylic acids is 3. The fourth-order valence-electron chi connectivity index (χ4n) is 4.19. The molecule has 0 saturated carbocycles. The minimum absolute atomic E-state index is 0.0551. The van der Waals surface area contributed by atoms with Crippen LogP contribution in [-0.2, 0) is 9.59 Å². The van der Waals surface area contributed by atoms with E-state index in [4.69, 9.17) is 4.52 Å². The summed E-state index contributed by atoms with van der Waals surface area (Å²) in [5, 5.41) is 8.44. The van der Waals surface area contributed by atoms with Crippen molar-refractivity contribution in [1.29, 1.82) is 0 Å². The van der Waals surface area contributed by atoms with Gasteiger partial charge in [-0.2, -0.15) is 0 Å². The average molecular weight is 463 g/mol.